The first-order valence-corrected chi connectivity index (χ1v) is 7.08. The lowest BCUT2D eigenvalue weighted by molar-refractivity contribution is -0.117. The Bertz CT molecular complexity index is 633. The van der Waals surface area contributed by atoms with E-state index in [-0.39, 0.29) is 11.8 Å². The van der Waals surface area contributed by atoms with Crippen LogP contribution in [0.15, 0.2) is 48.5 Å². The summed E-state index contributed by atoms with van der Waals surface area (Å²) in [6.07, 6.45) is 0.959. The number of amides is 1. The zero-order valence-corrected chi connectivity index (χ0v) is 11.9. The third kappa shape index (κ3) is 2.60. The summed E-state index contributed by atoms with van der Waals surface area (Å²) >= 11 is 0. The van der Waals surface area contributed by atoms with E-state index in [0.717, 1.165) is 17.7 Å². The van der Waals surface area contributed by atoms with Crippen LogP contribution in [-0.4, -0.2) is 5.91 Å². The van der Waals surface area contributed by atoms with Gasteiger partial charge in [0.1, 0.15) is 0 Å². The maximum Gasteiger partial charge on any atom is 0.228 e. The Morgan fingerprint density at radius 1 is 1.10 bits per heavy atom. The molecule has 1 fully saturated rings. The van der Waals surface area contributed by atoms with Crippen molar-refractivity contribution in [3.63, 3.8) is 0 Å². The molecular formula is C18H19NO. The third-order valence-electron chi connectivity index (χ3n) is 4.01. The quantitative estimate of drug-likeness (QED) is 0.891. The second kappa shape index (κ2) is 5.12. The number of hydrogen-bond donors (Lipinski definition) is 1. The molecule has 2 nitrogen and oxygen atoms in total. The van der Waals surface area contributed by atoms with E-state index in [0.29, 0.717) is 5.92 Å². The molecule has 0 aliphatic heterocycles. The van der Waals surface area contributed by atoms with Crippen molar-refractivity contribution in [1.29, 1.82) is 0 Å². The molecule has 0 radical (unpaired) electrons. The zero-order chi connectivity index (χ0) is 14.1. The van der Waals surface area contributed by atoms with Crippen molar-refractivity contribution >= 4 is 11.6 Å². The molecule has 0 saturated heterocycles. The number of hydrogen-bond acceptors (Lipinski definition) is 1. The molecule has 0 heterocycles. The van der Waals surface area contributed by atoms with Crippen molar-refractivity contribution in [1.82, 2.24) is 0 Å². The Kier molecular flexibility index (Phi) is 3.31. The Morgan fingerprint density at radius 2 is 1.85 bits per heavy atom. The van der Waals surface area contributed by atoms with Crippen molar-refractivity contribution in [2.75, 3.05) is 5.32 Å². The van der Waals surface area contributed by atoms with Gasteiger partial charge >= 0.3 is 0 Å². The molecule has 1 saturated carbocycles. The number of anilines is 1. The molecule has 0 aromatic heterocycles. The van der Waals surface area contributed by atoms with Crippen LogP contribution in [-0.2, 0) is 4.79 Å². The van der Waals surface area contributed by atoms with Crippen molar-refractivity contribution in [2.24, 2.45) is 5.92 Å². The summed E-state index contributed by atoms with van der Waals surface area (Å²) in [5, 5.41) is 3.07. The lowest BCUT2D eigenvalue weighted by Crippen LogP contribution is -2.15. The average Bonchev–Trinajstić information content (AvgIpc) is 3.24. The fourth-order valence-electron chi connectivity index (χ4n) is 2.65. The molecule has 1 N–H and O–H groups in total. The SMILES string of the molecule is Cc1ccc(C)c(NC(=O)[C@@H]2C[C@@H]2c2ccccc2)c1. The molecule has 2 heteroatoms. The second-order valence-electron chi connectivity index (χ2n) is 5.67. The van der Waals surface area contributed by atoms with Gasteiger partial charge in [-0.2, -0.15) is 0 Å². The number of rotatable bonds is 3. The summed E-state index contributed by atoms with van der Waals surface area (Å²) in [4.78, 5) is 12.3. The smallest absolute Gasteiger partial charge is 0.228 e. The first-order valence-electron chi connectivity index (χ1n) is 7.08. The minimum atomic E-state index is 0.123. The van der Waals surface area contributed by atoms with Gasteiger partial charge in [-0.05, 0) is 48.9 Å². The van der Waals surface area contributed by atoms with Crippen LogP contribution in [0.1, 0.15) is 29.0 Å². The van der Waals surface area contributed by atoms with Gasteiger partial charge in [0.2, 0.25) is 5.91 Å². The van der Waals surface area contributed by atoms with Gasteiger partial charge < -0.3 is 5.32 Å². The second-order valence-corrected chi connectivity index (χ2v) is 5.67. The molecule has 2 aromatic rings. The summed E-state index contributed by atoms with van der Waals surface area (Å²) in [7, 11) is 0. The lowest BCUT2D eigenvalue weighted by Gasteiger charge is -2.09. The van der Waals surface area contributed by atoms with E-state index >= 15 is 0 Å². The maximum atomic E-state index is 12.3. The first-order chi connectivity index (χ1) is 9.65. The van der Waals surface area contributed by atoms with Crippen LogP contribution >= 0.6 is 0 Å². The molecule has 0 bridgehead atoms. The molecule has 2 aromatic carbocycles. The summed E-state index contributed by atoms with van der Waals surface area (Å²) in [5.41, 5.74) is 4.49. The number of carbonyl (C=O) groups is 1. The molecule has 2 atom stereocenters. The van der Waals surface area contributed by atoms with E-state index < -0.39 is 0 Å². The van der Waals surface area contributed by atoms with E-state index in [1.807, 2.05) is 44.2 Å². The summed E-state index contributed by atoms with van der Waals surface area (Å²) in [5.74, 6) is 0.659. The van der Waals surface area contributed by atoms with Gasteiger partial charge in [0.15, 0.2) is 0 Å². The molecule has 1 aliphatic carbocycles. The molecule has 3 rings (SSSR count). The Balaban J connectivity index is 1.68. The molecule has 0 spiro atoms. The number of nitrogens with one attached hydrogen (secondary N) is 1. The van der Waals surface area contributed by atoms with E-state index in [1.54, 1.807) is 0 Å². The monoisotopic (exact) mass is 265 g/mol. The topological polar surface area (TPSA) is 29.1 Å². The van der Waals surface area contributed by atoms with Crippen molar-refractivity contribution in [3.05, 3.63) is 65.2 Å². The summed E-state index contributed by atoms with van der Waals surface area (Å²) in [6, 6.07) is 16.4. The summed E-state index contributed by atoms with van der Waals surface area (Å²) in [6.45, 7) is 4.07. The van der Waals surface area contributed by atoms with Crippen LogP contribution in [0, 0.1) is 19.8 Å². The molecule has 1 amide bonds. The van der Waals surface area contributed by atoms with Crippen LogP contribution < -0.4 is 5.32 Å². The van der Waals surface area contributed by atoms with Crippen molar-refractivity contribution in [2.45, 2.75) is 26.2 Å². The van der Waals surface area contributed by atoms with Gasteiger partial charge in [-0.3, -0.25) is 4.79 Å². The van der Waals surface area contributed by atoms with Crippen LogP contribution in [0.25, 0.3) is 0 Å². The summed E-state index contributed by atoms with van der Waals surface area (Å²) < 4.78 is 0. The Hall–Kier alpha value is -2.09. The van der Waals surface area contributed by atoms with Gasteiger partial charge in [0, 0.05) is 11.6 Å². The highest BCUT2D eigenvalue weighted by atomic mass is 16.2. The van der Waals surface area contributed by atoms with E-state index in [2.05, 4.69) is 23.5 Å². The predicted octanol–water partition coefficient (Wildman–Crippen LogP) is 4.05. The number of benzene rings is 2. The van der Waals surface area contributed by atoms with Gasteiger partial charge in [-0.1, -0.05) is 42.5 Å². The van der Waals surface area contributed by atoms with Crippen LogP contribution in [0.5, 0.6) is 0 Å². The molecule has 0 unspecified atom stereocenters. The van der Waals surface area contributed by atoms with Gasteiger partial charge in [0.25, 0.3) is 0 Å². The van der Waals surface area contributed by atoms with Crippen LogP contribution in [0.4, 0.5) is 5.69 Å². The standard InChI is InChI=1S/C18H19NO/c1-12-8-9-13(2)17(10-12)19-18(20)16-11-15(16)14-6-4-3-5-7-14/h3-10,15-16H,11H2,1-2H3,(H,19,20)/t15-,16-/m1/s1. The zero-order valence-electron chi connectivity index (χ0n) is 11.9. The van der Waals surface area contributed by atoms with Gasteiger partial charge in [0.05, 0.1) is 0 Å². The fourth-order valence-corrected chi connectivity index (χ4v) is 2.65. The van der Waals surface area contributed by atoms with E-state index in [1.165, 1.54) is 11.1 Å². The highest BCUT2D eigenvalue weighted by Gasteiger charge is 2.43. The van der Waals surface area contributed by atoms with Crippen LogP contribution in [0.2, 0.25) is 0 Å². The largest absolute Gasteiger partial charge is 0.326 e. The fraction of sp³-hybridized carbons (Fsp3) is 0.278. The molecular weight excluding hydrogens is 246 g/mol. The predicted molar refractivity (Wildman–Crippen MR) is 81.8 cm³/mol. The van der Waals surface area contributed by atoms with Crippen molar-refractivity contribution < 1.29 is 4.79 Å². The molecule has 1 aliphatic rings. The number of carbonyl (C=O) groups excluding carboxylic acids is 1. The Morgan fingerprint density at radius 3 is 2.60 bits per heavy atom. The Labute approximate surface area is 119 Å². The van der Waals surface area contributed by atoms with Crippen LogP contribution in [0.3, 0.4) is 0 Å². The highest BCUT2D eigenvalue weighted by molar-refractivity contribution is 5.95. The van der Waals surface area contributed by atoms with E-state index in [4.69, 9.17) is 0 Å². The normalized spacial score (nSPS) is 20.5. The third-order valence-corrected chi connectivity index (χ3v) is 4.01. The minimum absolute atomic E-state index is 0.123. The first kappa shape index (κ1) is 12.9. The molecule has 20 heavy (non-hydrogen) atoms. The van der Waals surface area contributed by atoms with Crippen molar-refractivity contribution in [3.8, 4) is 0 Å². The maximum absolute atomic E-state index is 12.3. The minimum Gasteiger partial charge on any atom is -0.326 e. The van der Waals surface area contributed by atoms with E-state index in [9.17, 15) is 4.79 Å². The van der Waals surface area contributed by atoms with Gasteiger partial charge in [-0.25, -0.2) is 0 Å². The van der Waals surface area contributed by atoms with Gasteiger partial charge in [-0.15, -0.1) is 0 Å². The molecule has 102 valence electrons. The number of aryl methyl sites for hydroxylation is 2. The lowest BCUT2D eigenvalue weighted by atomic mass is 10.1. The average molecular weight is 265 g/mol. The highest BCUT2D eigenvalue weighted by Crippen LogP contribution is 2.47.